The minimum Gasteiger partial charge on any atom is -0.410 e. The number of hydrogen-bond acceptors (Lipinski definition) is 3. The molecule has 4 bridgehead atoms. The normalized spacial score (nSPS) is 34.0. The van der Waals surface area contributed by atoms with Crippen LogP contribution in [0.5, 0.6) is 5.75 Å². The van der Waals surface area contributed by atoms with Crippen molar-refractivity contribution in [2.45, 2.75) is 44.1 Å². The fraction of sp³-hybridized carbons (Fsp3) is 0.556. The van der Waals surface area contributed by atoms with Gasteiger partial charge in [-0.25, -0.2) is 4.79 Å². The third-order valence-electron chi connectivity index (χ3n) is 5.59. The number of ether oxygens (including phenoxy) is 1. The molecule has 1 amide bonds. The average Bonchev–Trinajstić information content (AvgIpc) is 2.45. The number of thiocarbonyl (C=S) groups is 1. The lowest BCUT2D eigenvalue weighted by Gasteiger charge is -2.57. The van der Waals surface area contributed by atoms with E-state index in [-0.39, 0.29) is 5.54 Å². The van der Waals surface area contributed by atoms with E-state index in [1.165, 1.54) is 38.5 Å². The summed E-state index contributed by atoms with van der Waals surface area (Å²) in [7, 11) is 0. The minimum atomic E-state index is -0.529. The molecule has 5 heteroatoms. The summed E-state index contributed by atoms with van der Waals surface area (Å²) in [6, 6.07) is 9.03. The van der Waals surface area contributed by atoms with Crippen molar-refractivity contribution >= 4 is 23.4 Å². The molecule has 4 nitrogen and oxygen atoms in total. The Kier molecular flexibility index (Phi) is 3.76. The average molecular weight is 330 g/mol. The van der Waals surface area contributed by atoms with Crippen molar-refractivity contribution in [3.63, 3.8) is 0 Å². The van der Waals surface area contributed by atoms with Crippen LogP contribution in [-0.2, 0) is 0 Å². The van der Waals surface area contributed by atoms with Gasteiger partial charge in [-0.1, -0.05) is 18.2 Å². The highest BCUT2D eigenvalue weighted by Gasteiger charge is 2.51. The van der Waals surface area contributed by atoms with Gasteiger partial charge in [0.05, 0.1) is 0 Å². The van der Waals surface area contributed by atoms with E-state index >= 15 is 0 Å². The molecule has 4 saturated carbocycles. The van der Waals surface area contributed by atoms with E-state index in [2.05, 4.69) is 10.6 Å². The van der Waals surface area contributed by atoms with Gasteiger partial charge in [0.2, 0.25) is 0 Å². The first kappa shape index (κ1) is 14.9. The lowest BCUT2D eigenvalue weighted by Crippen LogP contribution is -2.61. The molecule has 0 aliphatic heterocycles. The highest BCUT2D eigenvalue weighted by Crippen LogP contribution is 2.55. The molecular formula is C18H22N2O2S. The number of benzene rings is 1. The van der Waals surface area contributed by atoms with Crippen LogP contribution in [0.1, 0.15) is 38.5 Å². The molecule has 1 aromatic rings. The summed E-state index contributed by atoms with van der Waals surface area (Å²) in [6.07, 6.45) is 7.20. The summed E-state index contributed by atoms with van der Waals surface area (Å²) in [5, 5.41) is 6.52. The Morgan fingerprint density at radius 2 is 1.61 bits per heavy atom. The number of hydrogen-bond donors (Lipinski definition) is 2. The van der Waals surface area contributed by atoms with Crippen molar-refractivity contribution in [3.05, 3.63) is 30.3 Å². The van der Waals surface area contributed by atoms with Gasteiger partial charge in [0.25, 0.3) is 0 Å². The number of para-hydroxylation sites is 1. The number of carbonyl (C=O) groups is 1. The minimum absolute atomic E-state index is 0.103. The van der Waals surface area contributed by atoms with Gasteiger partial charge in [0.15, 0.2) is 5.11 Å². The first-order valence-corrected chi connectivity index (χ1v) is 8.87. The monoisotopic (exact) mass is 330 g/mol. The van der Waals surface area contributed by atoms with Crippen LogP contribution in [-0.4, -0.2) is 16.7 Å². The second-order valence-corrected chi connectivity index (χ2v) is 7.89. The molecule has 0 radical (unpaired) electrons. The molecule has 122 valence electrons. The van der Waals surface area contributed by atoms with Crippen molar-refractivity contribution in [2.24, 2.45) is 17.8 Å². The summed E-state index contributed by atoms with van der Waals surface area (Å²) in [5.74, 6) is 3.04. The van der Waals surface area contributed by atoms with Gasteiger partial charge in [0, 0.05) is 5.54 Å². The van der Waals surface area contributed by atoms with E-state index < -0.39 is 6.09 Å². The standard InChI is InChI=1S/C18H22N2O2S/c21-17(22-15-4-2-1-3-5-15)19-16(23)20-18-9-12-6-13(10-18)8-14(7-12)11-18/h1-5,12-14H,6-11H2,(H2,19,20,21,23). The lowest BCUT2D eigenvalue weighted by atomic mass is 9.53. The third-order valence-corrected chi connectivity index (χ3v) is 5.79. The van der Waals surface area contributed by atoms with Crippen LogP contribution in [0.4, 0.5) is 4.79 Å². The maximum Gasteiger partial charge on any atom is 0.418 e. The highest BCUT2D eigenvalue weighted by atomic mass is 32.1. The van der Waals surface area contributed by atoms with Gasteiger partial charge in [-0.05, 0) is 80.6 Å². The van der Waals surface area contributed by atoms with Crippen LogP contribution in [0.2, 0.25) is 0 Å². The van der Waals surface area contributed by atoms with Gasteiger partial charge >= 0.3 is 6.09 Å². The highest BCUT2D eigenvalue weighted by molar-refractivity contribution is 7.80. The quantitative estimate of drug-likeness (QED) is 0.813. The molecule has 1 aromatic carbocycles. The van der Waals surface area contributed by atoms with E-state index in [4.69, 9.17) is 17.0 Å². The molecule has 4 fully saturated rings. The summed E-state index contributed by atoms with van der Waals surface area (Å²) in [6.45, 7) is 0. The zero-order valence-corrected chi connectivity index (χ0v) is 13.9. The van der Waals surface area contributed by atoms with Gasteiger partial charge in [-0.15, -0.1) is 0 Å². The van der Waals surface area contributed by atoms with Gasteiger partial charge in [-0.2, -0.15) is 0 Å². The van der Waals surface area contributed by atoms with Crippen molar-refractivity contribution in [1.82, 2.24) is 10.6 Å². The van der Waals surface area contributed by atoms with Crippen LogP contribution in [0.15, 0.2) is 30.3 Å². The molecule has 23 heavy (non-hydrogen) atoms. The Bertz CT molecular complexity index is 581. The van der Waals surface area contributed by atoms with Gasteiger partial charge in [-0.3, -0.25) is 5.32 Å². The largest absolute Gasteiger partial charge is 0.418 e. The van der Waals surface area contributed by atoms with Crippen LogP contribution < -0.4 is 15.4 Å². The van der Waals surface area contributed by atoms with E-state index in [0.717, 1.165) is 17.8 Å². The zero-order chi connectivity index (χ0) is 15.9. The number of amides is 1. The van der Waals surface area contributed by atoms with E-state index in [1.807, 2.05) is 18.2 Å². The molecule has 0 saturated heterocycles. The summed E-state index contributed by atoms with van der Waals surface area (Å²) < 4.78 is 5.23. The molecule has 4 aliphatic carbocycles. The summed E-state index contributed by atoms with van der Waals surface area (Å²) in [4.78, 5) is 11.9. The van der Waals surface area contributed by atoms with Gasteiger partial charge < -0.3 is 10.1 Å². The lowest BCUT2D eigenvalue weighted by molar-refractivity contribution is -0.0101. The fourth-order valence-electron chi connectivity index (χ4n) is 5.25. The van der Waals surface area contributed by atoms with Crippen LogP contribution in [0.25, 0.3) is 0 Å². The van der Waals surface area contributed by atoms with Crippen LogP contribution >= 0.6 is 12.2 Å². The smallest absolute Gasteiger partial charge is 0.410 e. The molecule has 0 spiro atoms. The molecule has 5 rings (SSSR count). The maximum absolute atomic E-state index is 11.9. The van der Waals surface area contributed by atoms with Crippen molar-refractivity contribution in [3.8, 4) is 5.75 Å². The molecule has 0 aromatic heterocycles. The maximum atomic E-state index is 11.9. The Balaban J connectivity index is 1.34. The number of rotatable bonds is 2. The van der Waals surface area contributed by atoms with Crippen molar-refractivity contribution < 1.29 is 9.53 Å². The number of carbonyl (C=O) groups excluding carboxylic acids is 1. The predicted molar refractivity (Wildman–Crippen MR) is 92.2 cm³/mol. The summed E-state index contributed by atoms with van der Waals surface area (Å²) >= 11 is 5.36. The molecular weight excluding hydrogens is 308 g/mol. The topological polar surface area (TPSA) is 50.4 Å². The fourth-order valence-corrected chi connectivity index (χ4v) is 5.55. The zero-order valence-electron chi connectivity index (χ0n) is 13.1. The molecule has 2 N–H and O–H groups in total. The van der Waals surface area contributed by atoms with E-state index in [9.17, 15) is 4.79 Å². The first-order valence-electron chi connectivity index (χ1n) is 8.46. The Morgan fingerprint density at radius 1 is 1.04 bits per heavy atom. The van der Waals surface area contributed by atoms with Crippen LogP contribution in [0.3, 0.4) is 0 Å². The predicted octanol–water partition coefficient (Wildman–Crippen LogP) is 3.62. The molecule has 0 unspecified atom stereocenters. The second kappa shape index (κ2) is 5.78. The second-order valence-electron chi connectivity index (χ2n) is 7.48. The Labute approximate surface area is 142 Å². The Hall–Kier alpha value is -1.62. The van der Waals surface area contributed by atoms with E-state index in [1.54, 1.807) is 12.1 Å². The Morgan fingerprint density at radius 3 is 2.17 bits per heavy atom. The molecule has 0 heterocycles. The van der Waals surface area contributed by atoms with Crippen LogP contribution in [0, 0.1) is 17.8 Å². The summed E-state index contributed by atoms with van der Waals surface area (Å²) in [5.41, 5.74) is 0.103. The third kappa shape index (κ3) is 3.20. The molecule has 0 atom stereocenters. The SMILES string of the molecule is O=C(NC(=S)NC12CC3CC(CC(C3)C1)C2)Oc1ccccc1. The van der Waals surface area contributed by atoms with Gasteiger partial charge in [0.1, 0.15) is 5.75 Å². The molecule has 4 aliphatic rings. The first-order chi connectivity index (χ1) is 11.1. The van der Waals surface area contributed by atoms with Crippen molar-refractivity contribution in [2.75, 3.05) is 0 Å². The number of nitrogens with one attached hydrogen (secondary N) is 2. The van der Waals surface area contributed by atoms with E-state index in [0.29, 0.717) is 10.9 Å². The van der Waals surface area contributed by atoms with Crippen molar-refractivity contribution in [1.29, 1.82) is 0 Å².